The lowest BCUT2D eigenvalue weighted by molar-refractivity contribution is -0.149. The molecule has 0 aliphatic heterocycles. The number of carbonyl (C=O) groups excluding carboxylic acids is 1. The van der Waals surface area contributed by atoms with Crippen LogP contribution in [0.4, 0.5) is 0 Å². The van der Waals surface area contributed by atoms with Crippen LogP contribution < -0.4 is 0 Å². The molecule has 0 radical (unpaired) electrons. The average molecular weight is 277 g/mol. The molecule has 0 spiro atoms. The molecule has 0 aromatic heterocycles. The van der Waals surface area contributed by atoms with E-state index in [-0.39, 0.29) is 11.9 Å². The van der Waals surface area contributed by atoms with E-state index in [0.29, 0.717) is 6.61 Å². The first kappa shape index (κ1) is 16.7. The number of carbonyl (C=O) groups is 1. The van der Waals surface area contributed by atoms with Crippen molar-refractivity contribution in [3.8, 4) is 0 Å². The van der Waals surface area contributed by atoms with E-state index < -0.39 is 0 Å². The van der Waals surface area contributed by atoms with Crippen LogP contribution in [0.1, 0.15) is 38.7 Å². The Morgan fingerprint density at radius 3 is 2.60 bits per heavy atom. The summed E-state index contributed by atoms with van der Waals surface area (Å²) in [4.78, 5) is 14.1. The van der Waals surface area contributed by atoms with Crippen LogP contribution in [0.3, 0.4) is 0 Å². The van der Waals surface area contributed by atoms with E-state index in [1.54, 1.807) is 0 Å². The molecule has 1 aromatic carbocycles. The molecular weight excluding hydrogens is 250 g/mol. The lowest BCUT2D eigenvalue weighted by atomic mass is 10.1. The number of rotatable bonds is 9. The van der Waals surface area contributed by atoms with Gasteiger partial charge in [0.15, 0.2) is 0 Å². The summed E-state index contributed by atoms with van der Waals surface area (Å²) in [6, 6.07) is 9.80. The maximum Gasteiger partial charge on any atom is 0.310 e. The summed E-state index contributed by atoms with van der Waals surface area (Å²) >= 11 is 0. The standard InChI is InChI=1S/C17H27NO2/c1-4-5-9-12-18(3)13-15(2)17(19)20-14-16-10-7-6-8-11-16/h6-8,10-11,15H,4-5,9,12-14H2,1-3H3. The Hall–Kier alpha value is -1.35. The number of hydrogen-bond donors (Lipinski definition) is 0. The minimum Gasteiger partial charge on any atom is -0.461 e. The monoisotopic (exact) mass is 277 g/mol. The fourth-order valence-electron chi connectivity index (χ4n) is 2.14. The Morgan fingerprint density at radius 1 is 1.25 bits per heavy atom. The number of unbranched alkanes of at least 4 members (excludes halogenated alkanes) is 2. The topological polar surface area (TPSA) is 29.5 Å². The number of ether oxygens (including phenoxy) is 1. The summed E-state index contributed by atoms with van der Waals surface area (Å²) in [7, 11) is 2.07. The largest absolute Gasteiger partial charge is 0.461 e. The fourth-order valence-corrected chi connectivity index (χ4v) is 2.14. The summed E-state index contributed by atoms with van der Waals surface area (Å²) < 4.78 is 5.35. The zero-order valence-corrected chi connectivity index (χ0v) is 13.0. The number of benzene rings is 1. The molecular formula is C17H27NO2. The van der Waals surface area contributed by atoms with Gasteiger partial charge in [0, 0.05) is 6.54 Å². The molecule has 1 unspecified atom stereocenters. The molecule has 3 nitrogen and oxygen atoms in total. The lowest BCUT2D eigenvalue weighted by Gasteiger charge is -2.20. The number of esters is 1. The van der Waals surface area contributed by atoms with Gasteiger partial charge in [-0.2, -0.15) is 0 Å². The predicted octanol–water partition coefficient (Wildman–Crippen LogP) is 3.49. The quantitative estimate of drug-likeness (QED) is 0.511. The summed E-state index contributed by atoms with van der Waals surface area (Å²) in [6.45, 7) is 6.30. The zero-order valence-electron chi connectivity index (χ0n) is 13.0. The molecule has 0 aliphatic carbocycles. The maximum atomic E-state index is 11.9. The molecule has 0 aliphatic rings. The highest BCUT2D eigenvalue weighted by atomic mass is 16.5. The summed E-state index contributed by atoms with van der Waals surface area (Å²) in [5.74, 6) is -0.193. The van der Waals surface area contributed by atoms with Crippen molar-refractivity contribution in [2.45, 2.75) is 39.7 Å². The smallest absolute Gasteiger partial charge is 0.310 e. The van der Waals surface area contributed by atoms with Gasteiger partial charge in [-0.15, -0.1) is 0 Å². The highest BCUT2D eigenvalue weighted by Crippen LogP contribution is 2.07. The molecule has 0 saturated heterocycles. The van der Waals surface area contributed by atoms with Crippen LogP contribution in [0.15, 0.2) is 30.3 Å². The maximum absolute atomic E-state index is 11.9. The molecule has 112 valence electrons. The fraction of sp³-hybridized carbons (Fsp3) is 0.588. The van der Waals surface area contributed by atoms with E-state index in [9.17, 15) is 4.79 Å². The minimum absolute atomic E-state index is 0.0784. The molecule has 3 heteroatoms. The Balaban J connectivity index is 2.25. The van der Waals surface area contributed by atoms with Crippen molar-refractivity contribution in [3.63, 3.8) is 0 Å². The van der Waals surface area contributed by atoms with Gasteiger partial charge in [-0.25, -0.2) is 0 Å². The van der Waals surface area contributed by atoms with Crippen LogP contribution >= 0.6 is 0 Å². The van der Waals surface area contributed by atoms with Gasteiger partial charge >= 0.3 is 5.97 Å². The Morgan fingerprint density at radius 2 is 1.95 bits per heavy atom. The van der Waals surface area contributed by atoms with Crippen molar-refractivity contribution in [3.05, 3.63) is 35.9 Å². The molecule has 0 heterocycles. The second-order valence-electron chi connectivity index (χ2n) is 5.46. The molecule has 1 aromatic rings. The van der Waals surface area contributed by atoms with Gasteiger partial charge in [-0.1, -0.05) is 57.0 Å². The second kappa shape index (κ2) is 9.54. The highest BCUT2D eigenvalue weighted by Gasteiger charge is 2.16. The van der Waals surface area contributed by atoms with Crippen LogP contribution in [-0.2, 0) is 16.1 Å². The number of nitrogens with zero attached hydrogens (tertiary/aromatic N) is 1. The van der Waals surface area contributed by atoms with Gasteiger partial charge < -0.3 is 9.64 Å². The number of hydrogen-bond acceptors (Lipinski definition) is 3. The van der Waals surface area contributed by atoms with Gasteiger partial charge in [0.05, 0.1) is 5.92 Å². The Labute approximate surface area is 122 Å². The van der Waals surface area contributed by atoms with Crippen molar-refractivity contribution in [1.82, 2.24) is 4.90 Å². The van der Waals surface area contributed by atoms with Crippen molar-refractivity contribution >= 4 is 5.97 Å². The first-order valence-electron chi connectivity index (χ1n) is 7.52. The minimum atomic E-state index is -0.115. The average Bonchev–Trinajstić information content (AvgIpc) is 2.46. The molecule has 0 saturated carbocycles. The van der Waals surface area contributed by atoms with Crippen molar-refractivity contribution in [1.29, 1.82) is 0 Å². The van der Waals surface area contributed by atoms with Crippen LogP contribution in [0.25, 0.3) is 0 Å². The van der Waals surface area contributed by atoms with E-state index in [0.717, 1.165) is 18.7 Å². The summed E-state index contributed by atoms with van der Waals surface area (Å²) in [6.07, 6.45) is 3.67. The molecule has 1 rings (SSSR count). The van der Waals surface area contributed by atoms with Crippen LogP contribution in [-0.4, -0.2) is 31.0 Å². The van der Waals surface area contributed by atoms with Gasteiger partial charge in [-0.05, 0) is 25.6 Å². The summed E-state index contributed by atoms with van der Waals surface area (Å²) in [5, 5.41) is 0. The molecule has 0 N–H and O–H groups in total. The van der Waals surface area contributed by atoms with E-state index in [1.807, 2.05) is 37.3 Å². The first-order chi connectivity index (χ1) is 9.63. The first-order valence-corrected chi connectivity index (χ1v) is 7.52. The molecule has 20 heavy (non-hydrogen) atoms. The van der Waals surface area contributed by atoms with Gasteiger partial charge in [0.1, 0.15) is 6.61 Å². The normalized spacial score (nSPS) is 12.4. The highest BCUT2D eigenvalue weighted by molar-refractivity contribution is 5.72. The van der Waals surface area contributed by atoms with Crippen LogP contribution in [0.2, 0.25) is 0 Å². The third-order valence-electron chi connectivity index (χ3n) is 3.36. The van der Waals surface area contributed by atoms with E-state index >= 15 is 0 Å². The van der Waals surface area contributed by atoms with Crippen molar-refractivity contribution in [2.24, 2.45) is 5.92 Å². The molecule has 0 bridgehead atoms. The third-order valence-corrected chi connectivity index (χ3v) is 3.36. The molecule has 0 fully saturated rings. The lowest BCUT2D eigenvalue weighted by Crippen LogP contribution is -2.30. The summed E-state index contributed by atoms with van der Waals surface area (Å²) in [5.41, 5.74) is 1.03. The molecule has 1 atom stereocenters. The van der Waals surface area contributed by atoms with Gasteiger partial charge in [0.25, 0.3) is 0 Å². The van der Waals surface area contributed by atoms with Crippen LogP contribution in [0.5, 0.6) is 0 Å². The second-order valence-corrected chi connectivity index (χ2v) is 5.46. The van der Waals surface area contributed by atoms with Gasteiger partial charge in [-0.3, -0.25) is 4.79 Å². The predicted molar refractivity (Wildman–Crippen MR) is 82.4 cm³/mol. The van der Waals surface area contributed by atoms with Gasteiger partial charge in [0.2, 0.25) is 0 Å². The van der Waals surface area contributed by atoms with Crippen molar-refractivity contribution < 1.29 is 9.53 Å². The molecule has 0 amide bonds. The zero-order chi connectivity index (χ0) is 14.8. The van der Waals surface area contributed by atoms with E-state index in [2.05, 4.69) is 18.9 Å². The Bertz CT molecular complexity index is 378. The van der Waals surface area contributed by atoms with E-state index in [1.165, 1.54) is 19.3 Å². The SMILES string of the molecule is CCCCCN(C)CC(C)C(=O)OCc1ccccc1. The van der Waals surface area contributed by atoms with E-state index in [4.69, 9.17) is 4.74 Å². The van der Waals surface area contributed by atoms with Crippen LogP contribution in [0, 0.1) is 5.92 Å². The Kier molecular flexibility index (Phi) is 7.97. The van der Waals surface area contributed by atoms with Crippen molar-refractivity contribution in [2.75, 3.05) is 20.1 Å². The third kappa shape index (κ3) is 6.71.